The predicted molar refractivity (Wildman–Crippen MR) is 45.4 cm³/mol. The Hall–Kier alpha value is -1.13. The van der Waals surface area contributed by atoms with Crippen LogP contribution < -0.4 is 0 Å². The number of esters is 1. The van der Waals surface area contributed by atoms with Crippen LogP contribution in [0.5, 0.6) is 0 Å². The van der Waals surface area contributed by atoms with Crippen LogP contribution in [0.15, 0.2) is 0 Å². The summed E-state index contributed by atoms with van der Waals surface area (Å²) in [5.74, 6) is -2.39. The molecule has 1 fully saturated rings. The normalized spacial score (nSPS) is 31.0. The van der Waals surface area contributed by atoms with Crippen molar-refractivity contribution < 1.29 is 23.8 Å². The zero-order valence-corrected chi connectivity index (χ0v) is 8.12. The zero-order chi connectivity index (χ0) is 10.9. The number of hydrogen-bond donors (Lipinski definition) is 1. The van der Waals surface area contributed by atoms with E-state index in [1.165, 1.54) is 0 Å². The zero-order valence-electron chi connectivity index (χ0n) is 8.12. The fourth-order valence-corrected chi connectivity index (χ4v) is 1.42. The molecule has 1 N–H and O–H groups in total. The molecule has 0 saturated heterocycles. The lowest BCUT2D eigenvalue weighted by Gasteiger charge is -2.38. The Bertz CT molecular complexity index is 264. The van der Waals surface area contributed by atoms with Gasteiger partial charge in [-0.3, -0.25) is 9.59 Å². The largest absolute Gasteiger partial charge is 0.480 e. The van der Waals surface area contributed by atoms with Gasteiger partial charge < -0.3 is 9.84 Å². The highest BCUT2D eigenvalue weighted by Crippen LogP contribution is 2.45. The predicted octanol–water partition coefficient (Wildman–Crippen LogP) is 1.14. The van der Waals surface area contributed by atoms with Gasteiger partial charge in [-0.25, -0.2) is 4.39 Å². The van der Waals surface area contributed by atoms with Gasteiger partial charge in [0.05, 0.1) is 6.10 Å². The third-order valence-corrected chi connectivity index (χ3v) is 2.42. The Morgan fingerprint density at radius 2 is 2.14 bits per heavy atom. The van der Waals surface area contributed by atoms with E-state index < -0.39 is 29.6 Å². The first kappa shape index (κ1) is 10.9. The van der Waals surface area contributed by atoms with Crippen LogP contribution in [0.25, 0.3) is 0 Å². The van der Waals surface area contributed by atoms with E-state index in [2.05, 4.69) is 0 Å². The molecular formula is C9H13FO4. The summed E-state index contributed by atoms with van der Waals surface area (Å²) in [7, 11) is 0. The van der Waals surface area contributed by atoms with Crippen LogP contribution >= 0.6 is 0 Å². The third kappa shape index (κ3) is 1.47. The number of carbonyl (C=O) groups excluding carboxylic acids is 1. The van der Waals surface area contributed by atoms with Crippen molar-refractivity contribution in [1.29, 1.82) is 0 Å². The van der Waals surface area contributed by atoms with Crippen LogP contribution in [0, 0.1) is 5.41 Å². The average Bonchev–Trinajstić information content (AvgIpc) is 2.00. The summed E-state index contributed by atoms with van der Waals surface area (Å²) >= 11 is 0. The van der Waals surface area contributed by atoms with Crippen molar-refractivity contribution >= 4 is 11.9 Å². The topological polar surface area (TPSA) is 63.6 Å². The molecule has 5 heteroatoms. The van der Waals surface area contributed by atoms with Crippen molar-refractivity contribution in [2.75, 3.05) is 0 Å². The standard InChI is InChI=1S/C9H13FO4/c1-5(2)14-8(13)9(7(11)12)4-3-6(9)10/h5-6H,3-4H2,1-2H3,(H,11,12). The minimum absolute atomic E-state index is 0.0229. The molecular weight excluding hydrogens is 191 g/mol. The summed E-state index contributed by atoms with van der Waals surface area (Å²) in [6.45, 7) is 3.19. The van der Waals surface area contributed by atoms with Crippen LogP contribution in [-0.4, -0.2) is 29.3 Å². The molecule has 0 radical (unpaired) electrons. The van der Waals surface area contributed by atoms with E-state index in [1.807, 2.05) is 0 Å². The van der Waals surface area contributed by atoms with Gasteiger partial charge in [-0.15, -0.1) is 0 Å². The maximum absolute atomic E-state index is 13.1. The Labute approximate surface area is 81.0 Å². The fourth-order valence-electron chi connectivity index (χ4n) is 1.42. The first-order valence-electron chi connectivity index (χ1n) is 4.50. The monoisotopic (exact) mass is 204 g/mol. The first-order chi connectivity index (χ1) is 6.41. The number of alkyl halides is 1. The van der Waals surface area contributed by atoms with E-state index >= 15 is 0 Å². The molecule has 80 valence electrons. The van der Waals surface area contributed by atoms with Crippen molar-refractivity contribution in [3.05, 3.63) is 0 Å². The average molecular weight is 204 g/mol. The van der Waals surface area contributed by atoms with Gasteiger partial charge in [-0.05, 0) is 26.7 Å². The minimum atomic E-state index is -1.94. The molecule has 0 heterocycles. The van der Waals surface area contributed by atoms with Gasteiger partial charge in [0.1, 0.15) is 6.17 Å². The smallest absolute Gasteiger partial charge is 0.326 e. The van der Waals surface area contributed by atoms with E-state index in [1.54, 1.807) is 13.8 Å². The van der Waals surface area contributed by atoms with E-state index in [0.717, 1.165) is 0 Å². The molecule has 0 aromatic carbocycles. The lowest BCUT2D eigenvalue weighted by atomic mass is 9.67. The molecule has 2 atom stereocenters. The third-order valence-electron chi connectivity index (χ3n) is 2.42. The molecule has 1 saturated carbocycles. The lowest BCUT2D eigenvalue weighted by Crippen LogP contribution is -2.55. The maximum atomic E-state index is 13.1. The van der Waals surface area contributed by atoms with Crippen LogP contribution in [0.1, 0.15) is 26.7 Å². The van der Waals surface area contributed by atoms with Crippen molar-refractivity contribution in [3.8, 4) is 0 Å². The number of carboxylic acids is 1. The molecule has 0 aromatic rings. The van der Waals surface area contributed by atoms with E-state index in [4.69, 9.17) is 9.84 Å². The lowest BCUT2D eigenvalue weighted by molar-refractivity contribution is -0.186. The molecule has 0 bridgehead atoms. The molecule has 14 heavy (non-hydrogen) atoms. The van der Waals surface area contributed by atoms with E-state index in [0.29, 0.717) is 0 Å². The molecule has 0 amide bonds. The van der Waals surface area contributed by atoms with Gasteiger partial charge in [0, 0.05) is 0 Å². The second-order valence-corrected chi connectivity index (χ2v) is 3.74. The Morgan fingerprint density at radius 1 is 1.57 bits per heavy atom. The number of rotatable bonds is 3. The van der Waals surface area contributed by atoms with Gasteiger partial charge >= 0.3 is 11.9 Å². The molecule has 2 unspecified atom stereocenters. The van der Waals surface area contributed by atoms with Crippen LogP contribution in [0.4, 0.5) is 4.39 Å². The number of halogens is 1. The Kier molecular flexibility index (Phi) is 2.78. The number of carbonyl (C=O) groups is 2. The van der Waals surface area contributed by atoms with Gasteiger partial charge in [0.15, 0.2) is 5.41 Å². The molecule has 0 spiro atoms. The molecule has 0 aliphatic heterocycles. The van der Waals surface area contributed by atoms with E-state index in [9.17, 15) is 14.0 Å². The number of carboxylic acid groups (broad SMARTS) is 1. The van der Waals surface area contributed by atoms with Crippen LogP contribution in [-0.2, 0) is 14.3 Å². The summed E-state index contributed by atoms with van der Waals surface area (Å²) in [6.07, 6.45) is -1.91. The van der Waals surface area contributed by atoms with Gasteiger partial charge in [0.25, 0.3) is 0 Å². The highest BCUT2D eigenvalue weighted by molar-refractivity contribution is 6.01. The van der Waals surface area contributed by atoms with Gasteiger partial charge in [-0.1, -0.05) is 0 Å². The summed E-state index contributed by atoms with van der Waals surface area (Å²) in [5, 5.41) is 8.80. The summed E-state index contributed by atoms with van der Waals surface area (Å²) in [5.41, 5.74) is -1.94. The Morgan fingerprint density at radius 3 is 2.36 bits per heavy atom. The molecule has 1 aliphatic rings. The maximum Gasteiger partial charge on any atom is 0.326 e. The number of ether oxygens (including phenoxy) is 1. The van der Waals surface area contributed by atoms with E-state index in [-0.39, 0.29) is 12.8 Å². The minimum Gasteiger partial charge on any atom is -0.480 e. The van der Waals surface area contributed by atoms with Gasteiger partial charge in [-0.2, -0.15) is 0 Å². The Balaban J connectivity index is 2.79. The van der Waals surface area contributed by atoms with Crippen molar-refractivity contribution in [2.24, 2.45) is 5.41 Å². The molecule has 4 nitrogen and oxygen atoms in total. The quantitative estimate of drug-likeness (QED) is 0.553. The first-order valence-corrected chi connectivity index (χ1v) is 4.50. The second-order valence-electron chi connectivity index (χ2n) is 3.74. The number of hydrogen-bond acceptors (Lipinski definition) is 3. The van der Waals surface area contributed by atoms with Crippen molar-refractivity contribution in [2.45, 2.75) is 39.0 Å². The van der Waals surface area contributed by atoms with Crippen molar-refractivity contribution in [1.82, 2.24) is 0 Å². The molecule has 0 aromatic heterocycles. The highest BCUT2D eigenvalue weighted by Gasteiger charge is 2.61. The fraction of sp³-hybridized carbons (Fsp3) is 0.778. The van der Waals surface area contributed by atoms with Crippen molar-refractivity contribution in [3.63, 3.8) is 0 Å². The summed E-state index contributed by atoms with van der Waals surface area (Å²) in [4.78, 5) is 22.2. The van der Waals surface area contributed by atoms with Gasteiger partial charge in [0.2, 0.25) is 0 Å². The summed E-state index contributed by atoms with van der Waals surface area (Å²) in [6, 6.07) is 0. The summed E-state index contributed by atoms with van der Waals surface area (Å²) < 4.78 is 17.8. The SMILES string of the molecule is CC(C)OC(=O)C1(C(=O)O)CCC1F. The second kappa shape index (κ2) is 3.55. The van der Waals surface area contributed by atoms with Crippen LogP contribution in [0.3, 0.4) is 0 Å². The molecule has 1 rings (SSSR count). The molecule has 1 aliphatic carbocycles. The highest BCUT2D eigenvalue weighted by atomic mass is 19.1. The number of aliphatic carboxylic acids is 1. The van der Waals surface area contributed by atoms with Crippen LogP contribution in [0.2, 0.25) is 0 Å².